The second-order valence-corrected chi connectivity index (χ2v) is 33.8. The van der Waals surface area contributed by atoms with Crippen molar-refractivity contribution in [3.05, 3.63) is 359 Å². The number of esters is 2. The Hall–Kier alpha value is -15.0. The third-order valence-corrected chi connectivity index (χ3v) is 20.5. The number of hydrogen-bond donors (Lipinski definition) is 8. The number of allylic oxidation sites excluding steroid dienone is 2. The highest BCUT2D eigenvalue weighted by Crippen LogP contribution is 2.27. The number of hydrogen-bond acceptors (Lipinski definition) is 23. The van der Waals surface area contributed by atoms with E-state index in [1.807, 2.05) is 99.6 Å². The molecule has 0 bridgehead atoms. The number of nitrogens with one attached hydrogen (secondary N) is 5. The number of primary amides is 2. The van der Waals surface area contributed by atoms with Crippen LogP contribution in [0.1, 0.15) is 276 Å². The maximum atomic E-state index is 13.4. The fraction of sp³-hybridized carbons (Fsp3) is 0.364. The fourth-order valence-electron chi connectivity index (χ4n) is 15.4. The third-order valence-electron chi connectivity index (χ3n) is 20.5. The molecular formula is C99H118N12O23. The molecule has 712 valence electrons. The number of nitrogens with two attached hydrogens (primary N) is 2. The van der Waals surface area contributed by atoms with Gasteiger partial charge in [0.1, 0.15) is 41.7 Å². The average Bonchev–Trinajstić information content (AvgIpc) is 0.790. The second-order valence-electron chi connectivity index (χ2n) is 33.8. The molecule has 5 aromatic heterocycles. The molecule has 5 heterocycles. The van der Waals surface area contributed by atoms with E-state index >= 15 is 0 Å². The monoisotopic (exact) mass is 1840 g/mol. The molecule has 5 aromatic carbocycles. The first-order valence-corrected chi connectivity index (χ1v) is 43.2. The molecule has 0 aliphatic heterocycles. The number of amides is 2. The van der Waals surface area contributed by atoms with Crippen molar-refractivity contribution in [2.24, 2.45) is 11.5 Å². The van der Waals surface area contributed by atoms with Crippen molar-refractivity contribution in [2.75, 3.05) is 26.4 Å². The molecular weight excluding hydrogens is 1730 g/mol. The van der Waals surface area contributed by atoms with Gasteiger partial charge in [0.05, 0.1) is 32.8 Å². The molecule has 10 N–H and O–H groups in total. The predicted molar refractivity (Wildman–Crippen MR) is 507 cm³/mol. The molecule has 0 aliphatic carbocycles. The van der Waals surface area contributed by atoms with Crippen LogP contribution < -0.4 is 67.7 Å². The lowest BCUT2D eigenvalue weighted by Gasteiger charge is -2.17. The van der Waals surface area contributed by atoms with E-state index in [4.69, 9.17) is 20.9 Å². The number of aromatic amines is 5. The number of carbonyl (C=O) groups is 9. The van der Waals surface area contributed by atoms with Crippen molar-refractivity contribution in [3.8, 4) is 0 Å². The number of aliphatic hydroxyl groups is 1. The first-order valence-electron chi connectivity index (χ1n) is 43.2. The van der Waals surface area contributed by atoms with Crippen molar-refractivity contribution >= 4 is 52.9 Å². The van der Waals surface area contributed by atoms with Gasteiger partial charge in [-0.3, -0.25) is 105 Å². The first kappa shape index (κ1) is 108. The van der Waals surface area contributed by atoms with Gasteiger partial charge in [0.25, 0.3) is 27.8 Å². The summed E-state index contributed by atoms with van der Waals surface area (Å²) < 4.78 is 20.2. The van der Waals surface area contributed by atoms with Crippen LogP contribution in [0.3, 0.4) is 0 Å². The molecule has 0 saturated carbocycles. The quantitative estimate of drug-likeness (QED) is 0.00899. The summed E-state index contributed by atoms with van der Waals surface area (Å²) in [6, 6.07) is 26.9. The summed E-state index contributed by atoms with van der Waals surface area (Å²) in [6.45, 7) is 38.8. The number of ether oxygens (including phenoxy) is 3. The standard InChI is InChI=1S/C22H26N2O5.C20H23N3O4.C20H24N2O5.C19H23N3O5.C18H22N2O4/c1-6-29-17(25)8-7-9-24-19(18(13(2)3)21(27)23-22(24)28)20(26)16-11-14(4)10-15(5)12-16;1-11(2)16-17(18(25)14-9-12(3)8-13(4)10-14)23(7-5-6-15(21)24)20(27)22-19(16)26;1-11(2)16-17(18(24)15-9-12(3)8-13(4)10-15)22(6-7-27-14(5)23)20(26)21-19(16)25;1-10(2)14-15(16(23)13-8-11(3)7-12(4)9-13)22(5-6-27-18(20)25)19(26)21-17(14)24;1-10(2)14-15(20(5-6-21)18(24)19-17(14)23)16(22)13-8-11(3)7-12(4)9-13/h7-8,10-13H,6,9H2,1-5H3,(H,23,27,28);5-6,8-11H,7H2,1-4H3,(H2,21,24)(H,22,26,27);8-11H,6-7H2,1-5H3,(H,21,25,26);7-10H,5-6H2,1-4H3,(H2,20,25)(H,21,24,26);7-10,21H,5-6H2,1-4H3,(H,19,23,24)/b8-7+;6-5+;;;. The van der Waals surface area contributed by atoms with Crippen LogP contribution in [-0.4, -0.2) is 132 Å². The van der Waals surface area contributed by atoms with Gasteiger partial charge in [-0.2, -0.15) is 0 Å². The van der Waals surface area contributed by atoms with Crippen LogP contribution >= 0.6 is 0 Å². The Labute approximate surface area is 771 Å². The average molecular weight is 1840 g/mol. The van der Waals surface area contributed by atoms with Crippen molar-refractivity contribution in [3.63, 3.8) is 0 Å². The molecule has 10 rings (SSSR count). The minimum atomic E-state index is -0.987. The summed E-state index contributed by atoms with van der Waals surface area (Å²) in [5.41, 5.74) is 15.9. The number of H-pyrrole nitrogens is 5. The summed E-state index contributed by atoms with van der Waals surface area (Å²) in [4.78, 5) is 245. The summed E-state index contributed by atoms with van der Waals surface area (Å²) in [5.74, 6) is -5.16. The van der Waals surface area contributed by atoms with Gasteiger partial charge in [-0.15, -0.1) is 0 Å². The highest BCUT2D eigenvalue weighted by atomic mass is 16.5. The lowest BCUT2D eigenvalue weighted by atomic mass is 9.95. The van der Waals surface area contributed by atoms with E-state index in [2.05, 4.69) is 29.7 Å². The highest BCUT2D eigenvalue weighted by molar-refractivity contribution is 6.12. The van der Waals surface area contributed by atoms with Crippen molar-refractivity contribution in [1.82, 2.24) is 47.8 Å². The molecule has 35 nitrogen and oxygen atoms in total. The van der Waals surface area contributed by atoms with Crippen LogP contribution in [0, 0.1) is 69.2 Å². The molecule has 0 radical (unpaired) electrons. The predicted octanol–water partition coefficient (Wildman–Crippen LogP) is 9.35. The minimum absolute atomic E-state index is 0.00294. The highest BCUT2D eigenvalue weighted by Gasteiger charge is 2.31. The maximum absolute atomic E-state index is 13.4. The Morgan fingerprint density at radius 2 is 0.545 bits per heavy atom. The third kappa shape index (κ3) is 28.5. The number of aliphatic hydroxyl groups excluding tert-OH is 1. The van der Waals surface area contributed by atoms with E-state index in [1.54, 1.807) is 137 Å². The van der Waals surface area contributed by atoms with Crippen molar-refractivity contribution in [1.29, 1.82) is 0 Å². The summed E-state index contributed by atoms with van der Waals surface area (Å²) in [7, 11) is 0. The van der Waals surface area contributed by atoms with Crippen molar-refractivity contribution in [2.45, 2.75) is 215 Å². The molecule has 0 saturated heterocycles. The van der Waals surface area contributed by atoms with Gasteiger partial charge in [-0.25, -0.2) is 33.6 Å². The molecule has 10 aromatic rings. The van der Waals surface area contributed by atoms with Gasteiger partial charge >= 0.3 is 46.5 Å². The molecule has 0 fully saturated rings. The molecule has 2 amide bonds. The van der Waals surface area contributed by atoms with Crippen LogP contribution in [0.4, 0.5) is 4.79 Å². The molecule has 0 spiro atoms. The number of aryl methyl sites for hydroxylation is 10. The molecule has 0 unspecified atom stereocenters. The smallest absolute Gasteiger partial charge is 0.404 e. The topological polar surface area (TPSA) is 528 Å². The van der Waals surface area contributed by atoms with E-state index in [1.165, 1.54) is 34.3 Å². The Morgan fingerprint density at radius 1 is 0.328 bits per heavy atom. The van der Waals surface area contributed by atoms with E-state index in [-0.39, 0.29) is 151 Å². The van der Waals surface area contributed by atoms with Gasteiger partial charge in [0, 0.05) is 87.8 Å². The zero-order chi connectivity index (χ0) is 101. The molecule has 134 heavy (non-hydrogen) atoms. The van der Waals surface area contributed by atoms with E-state index in [9.17, 15) is 96.2 Å². The number of aromatic nitrogens is 10. The first-order chi connectivity index (χ1) is 62.7. The maximum Gasteiger partial charge on any atom is 0.404 e. The second kappa shape index (κ2) is 48.2. The van der Waals surface area contributed by atoms with Crippen LogP contribution in [0.15, 0.2) is 163 Å². The molecule has 0 aliphatic rings. The number of nitrogens with zero attached hydrogens (tertiary/aromatic N) is 5. The molecule has 35 heteroatoms. The summed E-state index contributed by atoms with van der Waals surface area (Å²) in [6.07, 6.45) is 4.13. The summed E-state index contributed by atoms with van der Waals surface area (Å²) >= 11 is 0. The largest absolute Gasteiger partial charge is 0.464 e. The number of rotatable bonds is 30. The van der Waals surface area contributed by atoms with Gasteiger partial charge in [0.15, 0.2) is 0 Å². The lowest BCUT2D eigenvalue weighted by molar-refractivity contribution is -0.141. The van der Waals surface area contributed by atoms with Gasteiger partial charge in [-0.1, -0.05) is 167 Å². The zero-order valence-electron chi connectivity index (χ0n) is 79.5. The molecule has 0 atom stereocenters. The van der Waals surface area contributed by atoms with E-state index in [0.29, 0.717) is 27.8 Å². The summed E-state index contributed by atoms with van der Waals surface area (Å²) in [5, 5.41) is 9.24. The van der Waals surface area contributed by atoms with Crippen LogP contribution in [0.25, 0.3) is 0 Å². The normalized spacial score (nSPS) is 11.1. The lowest BCUT2D eigenvalue weighted by Crippen LogP contribution is -2.39. The van der Waals surface area contributed by atoms with Crippen molar-refractivity contribution < 1.29 is 62.5 Å². The number of carbonyl (C=O) groups excluding carboxylic acids is 9. The fourth-order valence-corrected chi connectivity index (χ4v) is 15.4. The minimum Gasteiger partial charge on any atom is -0.464 e. The van der Waals surface area contributed by atoms with E-state index < -0.39 is 103 Å². The van der Waals surface area contributed by atoms with Crippen LogP contribution in [0.2, 0.25) is 0 Å². The van der Waals surface area contributed by atoms with Gasteiger partial charge in [-0.05, 0) is 166 Å². The number of ketones is 5. The Kier molecular flexibility index (Phi) is 38.8. The van der Waals surface area contributed by atoms with Gasteiger partial charge in [0.2, 0.25) is 34.8 Å². The Bertz CT molecular complexity index is 6640. The van der Waals surface area contributed by atoms with Crippen LogP contribution in [-0.2, 0) is 61.3 Å². The number of benzene rings is 5. The van der Waals surface area contributed by atoms with Gasteiger partial charge < -0.3 is 30.8 Å². The Balaban J connectivity index is 0.000000258. The van der Waals surface area contributed by atoms with E-state index in [0.717, 1.165) is 75.4 Å². The SMILES string of the molecule is CC(=O)OCCn1c(C(=O)c2cc(C)cc(C)c2)c(C(C)C)c(=O)[nH]c1=O.CCOC(=O)/C=C/Cn1c(C(=O)c2cc(C)cc(C)c2)c(C(C)C)c(=O)[nH]c1=O.Cc1cc(C)cc(C(=O)c2c(C(C)C)c(=O)[nH]c(=O)n2C/C=C/C(N)=O)c1.Cc1cc(C)cc(C(=O)c2c(C(C)C)c(=O)[nH]c(=O)n2CCO)c1.Cc1cc(C)cc(C(=O)c2c(C(C)C)c(=O)[nH]c(=O)n2CCOC(N)=O)c1. The van der Waals surface area contributed by atoms with Crippen LogP contribution in [0.5, 0.6) is 0 Å². The zero-order valence-corrected chi connectivity index (χ0v) is 79.5. The Morgan fingerprint density at radius 3 is 0.754 bits per heavy atom.